The summed E-state index contributed by atoms with van der Waals surface area (Å²) in [5.41, 5.74) is -0.147. The van der Waals surface area contributed by atoms with Gasteiger partial charge < -0.3 is 14.9 Å². The van der Waals surface area contributed by atoms with Crippen LogP contribution in [0.4, 0.5) is 5.69 Å². The summed E-state index contributed by atoms with van der Waals surface area (Å²) in [6.07, 6.45) is 0.278. The third-order valence-electron chi connectivity index (χ3n) is 3.55. The fourth-order valence-electron chi connectivity index (χ4n) is 2.43. The van der Waals surface area contributed by atoms with Crippen LogP contribution in [0.15, 0.2) is 18.2 Å². The van der Waals surface area contributed by atoms with Gasteiger partial charge >= 0.3 is 5.97 Å². The number of rotatable bonds is 4. The van der Waals surface area contributed by atoms with Gasteiger partial charge in [-0.25, -0.2) is 4.79 Å². The fraction of sp³-hybridized carbons (Fsp3) is 0.467. The minimum atomic E-state index is -1.13. The summed E-state index contributed by atoms with van der Waals surface area (Å²) in [7, 11) is 0. The molecule has 1 aliphatic heterocycles. The highest BCUT2D eigenvalue weighted by molar-refractivity contribution is 6.06. The van der Waals surface area contributed by atoms with Crippen LogP contribution in [0.3, 0.4) is 0 Å². The summed E-state index contributed by atoms with van der Waals surface area (Å²) in [6, 6.07) is 3.96. The van der Waals surface area contributed by atoms with Crippen molar-refractivity contribution in [3.63, 3.8) is 0 Å². The van der Waals surface area contributed by atoms with E-state index in [4.69, 9.17) is 4.74 Å². The van der Waals surface area contributed by atoms with Gasteiger partial charge in [-0.1, -0.05) is 13.0 Å². The molecule has 0 aromatic heterocycles. The van der Waals surface area contributed by atoms with Crippen molar-refractivity contribution in [2.24, 2.45) is 0 Å². The number of hydrogen-bond donors (Lipinski definition) is 2. The first-order valence-electron chi connectivity index (χ1n) is 6.81. The second-order valence-corrected chi connectivity index (χ2v) is 5.51. The Bertz CT molecular complexity index is 581. The molecule has 0 aliphatic carbocycles. The first kappa shape index (κ1) is 15.3. The van der Waals surface area contributed by atoms with Crippen LogP contribution in [-0.2, 0) is 16.2 Å². The van der Waals surface area contributed by atoms with E-state index in [0.717, 1.165) is 0 Å². The van der Waals surface area contributed by atoms with Crippen molar-refractivity contribution in [1.82, 2.24) is 0 Å². The van der Waals surface area contributed by atoms with Crippen molar-refractivity contribution in [3.8, 4) is 5.75 Å². The van der Waals surface area contributed by atoms with Crippen molar-refractivity contribution in [1.29, 1.82) is 0 Å². The van der Waals surface area contributed by atoms with Crippen LogP contribution in [0.5, 0.6) is 5.75 Å². The van der Waals surface area contributed by atoms with Gasteiger partial charge in [-0.3, -0.25) is 9.69 Å². The second-order valence-electron chi connectivity index (χ2n) is 5.51. The van der Waals surface area contributed by atoms with E-state index in [9.17, 15) is 19.8 Å². The number of fused-ring (bicyclic) bond motifs is 1. The molecule has 0 saturated heterocycles. The molecule has 2 rings (SSSR count). The predicted molar refractivity (Wildman–Crippen MR) is 76.3 cm³/mol. The Morgan fingerprint density at radius 1 is 1.43 bits per heavy atom. The zero-order valence-corrected chi connectivity index (χ0v) is 12.3. The van der Waals surface area contributed by atoms with Gasteiger partial charge in [-0.15, -0.1) is 0 Å². The van der Waals surface area contributed by atoms with Gasteiger partial charge in [0.15, 0.2) is 5.60 Å². The van der Waals surface area contributed by atoms with Gasteiger partial charge in [-0.05, 0) is 38.0 Å². The van der Waals surface area contributed by atoms with Crippen molar-refractivity contribution < 1.29 is 24.5 Å². The van der Waals surface area contributed by atoms with Crippen molar-refractivity contribution in [2.45, 2.75) is 45.4 Å². The Balaban J connectivity index is 2.61. The van der Waals surface area contributed by atoms with Gasteiger partial charge in [0.1, 0.15) is 11.8 Å². The molecule has 2 N–H and O–H groups in total. The Labute approximate surface area is 122 Å². The third kappa shape index (κ3) is 2.58. The number of carboxylic acids is 1. The highest BCUT2D eigenvalue weighted by Crippen LogP contribution is 2.40. The molecule has 0 saturated carbocycles. The molecule has 1 aliphatic rings. The molecular weight excluding hydrogens is 274 g/mol. The second kappa shape index (κ2) is 5.37. The Hall–Kier alpha value is -2.08. The number of anilines is 1. The van der Waals surface area contributed by atoms with Crippen LogP contribution >= 0.6 is 0 Å². The molecule has 21 heavy (non-hydrogen) atoms. The van der Waals surface area contributed by atoms with Gasteiger partial charge in [0.05, 0.1) is 12.3 Å². The standard InChI is InChI=1S/C15H19NO5/c1-4-10(13(18)19)16-11-7-9(8-17)5-6-12(11)21-15(2,3)14(16)20/h5-7,10,17H,4,8H2,1-3H3,(H,18,19). The van der Waals surface area contributed by atoms with Crippen LogP contribution in [0.2, 0.25) is 0 Å². The lowest BCUT2D eigenvalue weighted by Crippen LogP contribution is -2.57. The smallest absolute Gasteiger partial charge is 0.326 e. The summed E-state index contributed by atoms with van der Waals surface area (Å²) in [5, 5.41) is 18.6. The minimum absolute atomic E-state index is 0.192. The lowest BCUT2D eigenvalue weighted by Gasteiger charge is -2.41. The number of benzene rings is 1. The molecule has 0 spiro atoms. The SMILES string of the molecule is CCC(C(=O)O)N1C(=O)C(C)(C)Oc2ccc(CO)cc21. The maximum absolute atomic E-state index is 12.6. The molecule has 0 bridgehead atoms. The van der Waals surface area contributed by atoms with E-state index in [1.165, 1.54) is 4.90 Å². The monoisotopic (exact) mass is 293 g/mol. The van der Waals surface area contributed by atoms with E-state index in [0.29, 0.717) is 17.0 Å². The van der Waals surface area contributed by atoms with E-state index in [-0.39, 0.29) is 13.0 Å². The summed E-state index contributed by atoms with van der Waals surface area (Å²) >= 11 is 0. The molecule has 6 nitrogen and oxygen atoms in total. The Morgan fingerprint density at radius 3 is 2.62 bits per heavy atom. The number of aliphatic hydroxyl groups excluding tert-OH is 1. The fourth-order valence-corrected chi connectivity index (χ4v) is 2.43. The number of aliphatic hydroxyl groups is 1. The maximum Gasteiger partial charge on any atom is 0.326 e. The van der Waals surface area contributed by atoms with Gasteiger partial charge in [0.2, 0.25) is 0 Å². The zero-order valence-electron chi connectivity index (χ0n) is 12.3. The minimum Gasteiger partial charge on any atom is -0.480 e. The van der Waals surface area contributed by atoms with Crippen molar-refractivity contribution in [3.05, 3.63) is 23.8 Å². The highest BCUT2D eigenvalue weighted by atomic mass is 16.5. The summed E-state index contributed by atoms with van der Waals surface area (Å²) in [5.74, 6) is -1.03. The zero-order chi connectivity index (χ0) is 15.8. The summed E-state index contributed by atoms with van der Waals surface area (Å²) < 4.78 is 5.67. The van der Waals surface area contributed by atoms with Crippen LogP contribution in [0.1, 0.15) is 32.8 Å². The highest BCUT2D eigenvalue weighted by Gasteiger charge is 2.45. The lowest BCUT2D eigenvalue weighted by molar-refractivity contribution is -0.143. The molecule has 1 aromatic carbocycles. The lowest BCUT2D eigenvalue weighted by atomic mass is 9.99. The number of amides is 1. The number of ether oxygens (including phenoxy) is 1. The van der Waals surface area contributed by atoms with Crippen molar-refractivity contribution >= 4 is 17.6 Å². The predicted octanol–water partition coefficient (Wildman–Crippen LogP) is 1.55. The van der Waals surface area contributed by atoms with E-state index in [2.05, 4.69) is 0 Å². The largest absolute Gasteiger partial charge is 0.480 e. The summed E-state index contributed by atoms with van der Waals surface area (Å²) in [6.45, 7) is 4.74. The van der Waals surface area contributed by atoms with Gasteiger partial charge in [0.25, 0.3) is 5.91 Å². The topological polar surface area (TPSA) is 87.1 Å². The van der Waals surface area contributed by atoms with E-state index in [1.807, 2.05) is 0 Å². The molecule has 1 atom stereocenters. The Kier molecular flexibility index (Phi) is 3.91. The molecule has 1 heterocycles. The van der Waals surface area contributed by atoms with Crippen LogP contribution in [0, 0.1) is 0 Å². The molecule has 1 unspecified atom stereocenters. The molecule has 0 radical (unpaired) electrons. The molecule has 114 valence electrons. The molecule has 1 amide bonds. The van der Waals surface area contributed by atoms with Gasteiger partial charge in [0, 0.05) is 0 Å². The first-order valence-corrected chi connectivity index (χ1v) is 6.81. The number of carbonyl (C=O) groups is 2. The quantitative estimate of drug-likeness (QED) is 0.879. The Morgan fingerprint density at radius 2 is 2.10 bits per heavy atom. The maximum atomic E-state index is 12.6. The first-order chi connectivity index (χ1) is 9.81. The molecule has 0 fully saturated rings. The van der Waals surface area contributed by atoms with Crippen LogP contribution in [0.25, 0.3) is 0 Å². The molecular formula is C15H19NO5. The number of carboxylic acid groups (broad SMARTS) is 1. The number of hydrogen-bond acceptors (Lipinski definition) is 4. The van der Waals surface area contributed by atoms with Crippen LogP contribution in [-0.4, -0.2) is 33.7 Å². The third-order valence-corrected chi connectivity index (χ3v) is 3.55. The van der Waals surface area contributed by atoms with E-state index < -0.39 is 23.5 Å². The average Bonchev–Trinajstić information content (AvgIpc) is 2.42. The van der Waals surface area contributed by atoms with E-state index >= 15 is 0 Å². The summed E-state index contributed by atoms with van der Waals surface area (Å²) in [4.78, 5) is 25.3. The number of aliphatic carboxylic acids is 1. The number of nitrogens with zero attached hydrogens (tertiary/aromatic N) is 1. The molecule has 1 aromatic rings. The molecule has 6 heteroatoms. The van der Waals surface area contributed by atoms with E-state index in [1.54, 1.807) is 39.0 Å². The van der Waals surface area contributed by atoms with Gasteiger partial charge in [-0.2, -0.15) is 0 Å². The van der Waals surface area contributed by atoms with Crippen molar-refractivity contribution in [2.75, 3.05) is 4.90 Å². The van der Waals surface area contributed by atoms with Crippen LogP contribution < -0.4 is 9.64 Å². The normalized spacial score (nSPS) is 17.9. The number of carbonyl (C=O) groups excluding carboxylic acids is 1. The average molecular weight is 293 g/mol.